The zero-order chi connectivity index (χ0) is 17.5. The number of anilines is 1. The molecule has 0 bridgehead atoms. The molecule has 0 fully saturated rings. The summed E-state index contributed by atoms with van der Waals surface area (Å²) in [5.74, 6) is 0.174. The van der Waals surface area contributed by atoms with E-state index in [1.165, 1.54) is 4.90 Å². The Kier molecular flexibility index (Phi) is 5.95. The highest BCUT2D eigenvalue weighted by Crippen LogP contribution is 2.23. The fraction of sp³-hybridized carbons (Fsp3) is 0.263. The molecule has 2 aromatic carbocycles. The Morgan fingerprint density at radius 2 is 1.75 bits per heavy atom. The van der Waals surface area contributed by atoms with Gasteiger partial charge in [0.1, 0.15) is 12.3 Å². The van der Waals surface area contributed by atoms with E-state index in [1.54, 1.807) is 25.3 Å². The van der Waals surface area contributed by atoms with Gasteiger partial charge in [-0.3, -0.25) is 9.59 Å². The summed E-state index contributed by atoms with van der Waals surface area (Å²) >= 11 is 0. The number of aryl methyl sites for hydroxylation is 1. The van der Waals surface area contributed by atoms with Gasteiger partial charge in [0.25, 0.3) is 5.91 Å². The highest BCUT2D eigenvalue weighted by Gasteiger charge is 2.19. The summed E-state index contributed by atoms with van der Waals surface area (Å²) in [5.41, 5.74) is 2.10. The van der Waals surface area contributed by atoms with Crippen LogP contribution < -0.4 is 10.1 Å². The molecule has 0 unspecified atom stereocenters. The fourth-order valence-electron chi connectivity index (χ4n) is 2.42. The number of likely N-dealkylation sites (N-methyl/N-ethyl adjacent to an activating group) is 1. The minimum atomic E-state index is -0.261. The molecule has 0 heterocycles. The number of nitrogens with zero attached hydrogens (tertiary/aromatic N) is 1. The van der Waals surface area contributed by atoms with Gasteiger partial charge < -0.3 is 15.0 Å². The lowest BCUT2D eigenvalue weighted by atomic mass is 10.1. The van der Waals surface area contributed by atoms with E-state index in [4.69, 9.17) is 4.74 Å². The van der Waals surface area contributed by atoms with Crippen LogP contribution in [0.15, 0.2) is 48.5 Å². The molecule has 2 aromatic rings. The zero-order valence-electron chi connectivity index (χ0n) is 14.2. The lowest BCUT2D eigenvalue weighted by Crippen LogP contribution is -2.38. The first-order chi connectivity index (χ1) is 11.6. The SMILES string of the molecule is CCN(CC(=O)Nc1ccccc1OC)C(=O)c1ccccc1C. The van der Waals surface area contributed by atoms with Gasteiger partial charge in [0.05, 0.1) is 12.8 Å². The summed E-state index contributed by atoms with van der Waals surface area (Å²) in [6.45, 7) is 4.18. The van der Waals surface area contributed by atoms with Crippen molar-refractivity contribution in [2.24, 2.45) is 0 Å². The highest BCUT2D eigenvalue weighted by molar-refractivity contribution is 6.00. The smallest absolute Gasteiger partial charge is 0.254 e. The first-order valence-electron chi connectivity index (χ1n) is 7.84. The van der Waals surface area contributed by atoms with Gasteiger partial charge in [0.2, 0.25) is 5.91 Å². The zero-order valence-corrected chi connectivity index (χ0v) is 14.2. The molecule has 0 aliphatic heterocycles. The number of carbonyl (C=O) groups is 2. The predicted octanol–water partition coefficient (Wildman–Crippen LogP) is 3.10. The van der Waals surface area contributed by atoms with Gasteiger partial charge in [-0.25, -0.2) is 0 Å². The average Bonchev–Trinajstić information content (AvgIpc) is 2.60. The van der Waals surface area contributed by atoms with Crippen molar-refractivity contribution < 1.29 is 14.3 Å². The number of para-hydroxylation sites is 2. The summed E-state index contributed by atoms with van der Waals surface area (Å²) in [6.07, 6.45) is 0. The Hall–Kier alpha value is -2.82. The Labute approximate surface area is 142 Å². The molecule has 1 N–H and O–H groups in total. The number of rotatable bonds is 6. The first-order valence-corrected chi connectivity index (χ1v) is 7.84. The van der Waals surface area contributed by atoms with Crippen LogP contribution in [0, 0.1) is 6.92 Å². The maximum absolute atomic E-state index is 12.6. The molecule has 5 heteroatoms. The van der Waals surface area contributed by atoms with Crippen molar-refractivity contribution in [2.75, 3.05) is 25.5 Å². The van der Waals surface area contributed by atoms with E-state index in [9.17, 15) is 9.59 Å². The quantitative estimate of drug-likeness (QED) is 0.887. The second-order valence-corrected chi connectivity index (χ2v) is 5.38. The van der Waals surface area contributed by atoms with Crippen LogP contribution in [0.2, 0.25) is 0 Å². The number of carbonyl (C=O) groups excluding carboxylic acids is 2. The summed E-state index contributed by atoms with van der Waals surface area (Å²) in [6, 6.07) is 14.5. The van der Waals surface area contributed by atoms with E-state index >= 15 is 0 Å². The van der Waals surface area contributed by atoms with Crippen molar-refractivity contribution in [3.05, 3.63) is 59.7 Å². The number of amides is 2. The Morgan fingerprint density at radius 1 is 1.08 bits per heavy atom. The van der Waals surface area contributed by atoms with Crippen molar-refractivity contribution in [3.63, 3.8) is 0 Å². The fourth-order valence-corrected chi connectivity index (χ4v) is 2.42. The number of methoxy groups -OCH3 is 1. The molecule has 2 amide bonds. The molecule has 24 heavy (non-hydrogen) atoms. The lowest BCUT2D eigenvalue weighted by Gasteiger charge is -2.21. The van der Waals surface area contributed by atoms with Crippen LogP contribution >= 0.6 is 0 Å². The van der Waals surface area contributed by atoms with E-state index in [1.807, 2.05) is 44.2 Å². The summed E-state index contributed by atoms with van der Waals surface area (Å²) in [4.78, 5) is 26.5. The van der Waals surface area contributed by atoms with Crippen molar-refractivity contribution in [2.45, 2.75) is 13.8 Å². The van der Waals surface area contributed by atoms with Gasteiger partial charge in [-0.15, -0.1) is 0 Å². The minimum absolute atomic E-state index is 0.0122. The van der Waals surface area contributed by atoms with Gasteiger partial charge >= 0.3 is 0 Å². The Balaban J connectivity index is 2.08. The second kappa shape index (κ2) is 8.15. The van der Waals surface area contributed by atoms with Gasteiger partial charge in [-0.05, 0) is 37.6 Å². The number of ether oxygens (including phenoxy) is 1. The number of hydrogen-bond donors (Lipinski definition) is 1. The molecular formula is C19H22N2O3. The van der Waals surface area contributed by atoms with Crippen molar-refractivity contribution in [1.29, 1.82) is 0 Å². The summed E-state index contributed by atoms with van der Waals surface area (Å²) in [7, 11) is 1.55. The normalized spacial score (nSPS) is 10.1. The molecule has 0 aromatic heterocycles. The molecule has 2 rings (SSSR count). The van der Waals surface area contributed by atoms with Gasteiger partial charge in [-0.2, -0.15) is 0 Å². The predicted molar refractivity (Wildman–Crippen MR) is 94.4 cm³/mol. The highest BCUT2D eigenvalue weighted by atomic mass is 16.5. The van der Waals surface area contributed by atoms with Crippen molar-refractivity contribution in [3.8, 4) is 5.75 Å². The number of hydrogen-bond acceptors (Lipinski definition) is 3. The van der Waals surface area contributed by atoms with Gasteiger partial charge in [-0.1, -0.05) is 30.3 Å². The Bertz CT molecular complexity index is 728. The number of benzene rings is 2. The monoisotopic (exact) mass is 326 g/mol. The third kappa shape index (κ3) is 4.13. The van der Waals surface area contributed by atoms with Crippen LogP contribution in [0.5, 0.6) is 5.75 Å². The molecular weight excluding hydrogens is 304 g/mol. The van der Waals surface area contributed by atoms with E-state index in [-0.39, 0.29) is 18.4 Å². The van der Waals surface area contributed by atoms with Crippen molar-refractivity contribution >= 4 is 17.5 Å². The summed E-state index contributed by atoms with van der Waals surface area (Å²) in [5, 5.41) is 2.79. The van der Waals surface area contributed by atoms with E-state index < -0.39 is 0 Å². The summed E-state index contributed by atoms with van der Waals surface area (Å²) < 4.78 is 5.21. The molecule has 0 aliphatic carbocycles. The van der Waals surface area contributed by atoms with Crippen LogP contribution in [-0.4, -0.2) is 36.9 Å². The minimum Gasteiger partial charge on any atom is -0.495 e. The van der Waals surface area contributed by atoms with Crippen LogP contribution in [0.4, 0.5) is 5.69 Å². The van der Waals surface area contributed by atoms with Gasteiger partial charge in [0, 0.05) is 12.1 Å². The largest absolute Gasteiger partial charge is 0.495 e. The third-order valence-corrected chi connectivity index (χ3v) is 3.76. The third-order valence-electron chi connectivity index (χ3n) is 3.76. The lowest BCUT2D eigenvalue weighted by molar-refractivity contribution is -0.116. The second-order valence-electron chi connectivity index (χ2n) is 5.38. The van der Waals surface area contributed by atoms with E-state index in [2.05, 4.69) is 5.32 Å². The van der Waals surface area contributed by atoms with Crippen molar-refractivity contribution in [1.82, 2.24) is 4.90 Å². The van der Waals surface area contributed by atoms with Crippen LogP contribution in [0.3, 0.4) is 0 Å². The molecule has 0 saturated heterocycles. The van der Waals surface area contributed by atoms with Crippen LogP contribution in [-0.2, 0) is 4.79 Å². The molecule has 5 nitrogen and oxygen atoms in total. The molecule has 126 valence electrons. The standard InChI is InChI=1S/C19H22N2O3/c1-4-21(19(23)15-10-6-5-9-14(15)2)13-18(22)20-16-11-7-8-12-17(16)24-3/h5-12H,4,13H2,1-3H3,(H,20,22). The first kappa shape index (κ1) is 17.5. The van der Waals surface area contributed by atoms with Crippen LogP contribution in [0.25, 0.3) is 0 Å². The molecule has 0 saturated carbocycles. The van der Waals surface area contributed by atoms with Crippen LogP contribution in [0.1, 0.15) is 22.8 Å². The average molecular weight is 326 g/mol. The molecule has 0 radical (unpaired) electrons. The molecule has 0 aliphatic rings. The van der Waals surface area contributed by atoms with Gasteiger partial charge in [0.15, 0.2) is 0 Å². The Morgan fingerprint density at radius 3 is 2.42 bits per heavy atom. The van der Waals surface area contributed by atoms with E-state index in [0.29, 0.717) is 23.5 Å². The molecule has 0 spiro atoms. The topological polar surface area (TPSA) is 58.6 Å². The van der Waals surface area contributed by atoms with E-state index in [0.717, 1.165) is 5.56 Å². The maximum Gasteiger partial charge on any atom is 0.254 e. The maximum atomic E-state index is 12.6. The molecule has 0 atom stereocenters. The number of nitrogens with one attached hydrogen (secondary N) is 1.